The van der Waals surface area contributed by atoms with Crippen LogP contribution in [0.4, 0.5) is 4.39 Å². The number of rotatable bonds is 4. The maximum Gasteiger partial charge on any atom is 0.246 e. The van der Waals surface area contributed by atoms with Gasteiger partial charge in [-0.2, -0.15) is 0 Å². The second-order valence-corrected chi connectivity index (χ2v) is 6.65. The minimum absolute atomic E-state index is 0.115. The zero-order valence-corrected chi connectivity index (χ0v) is 14.4. The van der Waals surface area contributed by atoms with Crippen LogP contribution in [0.5, 0.6) is 11.5 Å². The van der Waals surface area contributed by atoms with Gasteiger partial charge in [0.05, 0.1) is 24.9 Å². The normalized spacial score (nSPS) is 24.9. The molecule has 137 valence electrons. The molecule has 1 aromatic carbocycles. The Kier molecular flexibility index (Phi) is 4.40. The number of carbonyl (C=O) groups is 1. The molecule has 3 atom stereocenters. The van der Waals surface area contributed by atoms with Gasteiger partial charge in [-0.05, 0) is 25.0 Å². The molecule has 0 aliphatic carbocycles. The fourth-order valence-electron chi connectivity index (χ4n) is 3.73. The molecule has 0 bridgehead atoms. The highest BCUT2D eigenvalue weighted by molar-refractivity contribution is 5.86. The van der Waals surface area contributed by atoms with Crippen LogP contribution in [0.2, 0.25) is 0 Å². The van der Waals surface area contributed by atoms with E-state index in [9.17, 15) is 9.18 Å². The highest BCUT2D eigenvalue weighted by atomic mass is 19.1. The molecule has 1 saturated heterocycles. The van der Waals surface area contributed by atoms with Crippen LogP contribution in [-0.2, 0) is 16.0 Å². The Morgan fingerprint density at radius 1 is 1.42 bits per heavy atom. The number of hydrogen-bond acceptors (Lipinski definition) is 5. The smallest absolute Gasteiger partial charge is 0.246 e. The number of carbonyl (C=O) groups excluding carboxylic acids is 1. The number of methoxy groups -OCH3 is 1. The topological polar surface area (TPSA) is 83.7 Å². The van der Waals surface area contributed by atoms with Gasteiger partial charge >= 0.3 is 0 Å². The number of halogens is 1. The molecule has 6 nitrogen and oxygen atoms in total. The summed E-state index contributed by atoms with van der Waals surface area (Å²) in [5.41, 5.74) is 6.69. The van der Waals surface area contributed by atoms with Crippen LogP contribution in [0.3, 0.4) is 0 Å². The van der Waals surface area contributed by atoms with Crippen molar-refractivity contribution in [2.24, 2.45) is 5.73 Å². The third-order valence-corrected chi connectivity index (χ3v) is 4.96. The van der Waals surface area contributed by atoms with Crippen molar-refractivity contribution in [1.82, 2.24) is 4.98 Å². The molecule has 26 heavy (non-hydrogen) atoms. The second kappa shape index (κ2) is 6.72. The summed E-state index contributed by atoms with van der Waals surface area (Å²) in [6.07, 6.45) is 5.25. The number of fused-ring (bicyclic) bond motifs is 3. The number of ether oxygens (including phenoxy) is 3. The standard InChI is InChI=1S/C19H20FN2O4/c1-24-14-6-5-13-17(18(14)20)12-8-11(26-16(12)9-22-13)7-10-3-2-4-15(25-10)19(21)23/h4-6,9-11,15H,2-3,7-8H2,1H3,(H2,21,23)/t10-,11?,15?/m0/s1. The summed E-state index contributed by atoms with van der Waals surface area (Å²) in [5.74, 6) is -0.124. The highest BCUT2D eigenvalue weighted by Gasteiger charge is 2.33. The molecule has 2 N–H and O–H groups in total. The van der Waals surface area contributed by atoms with E-state index in [-0.39, 0.29) is 18.0 Å². The first kappa shape index (κ1) is 17.0. The van der Waals surface area contributed by atoms with Gasteiger partial charge in [0.2, 0.25) is 5.91 Å². The minimum atomic E-state index is -0.651. The quantitative estimate of drug-likeness (QED) is 0.906. The third kappa shape index (κ3) is 2.96. The number of amides is 1. The lowest BCUT2D eigenvalue weighted by atomic mass is 9.96. The third-order valence-electron chi connectivity index (χ3n) is 4.96. The van der Waals surface area contributed by atoms with Crippen molar-refractivity contribution in [2.75, 3.05) is 7.11 Å². The van der Waals surface area contributed by atoms with Crippen molar-refractivity contribution in [3.63, 3.8) is 0 Å². The summed E-state index contributed by atoms with van der Waals surface area (Å²) >= 11 is 0. The first-order valence-corrected chi connectivity index (χ1v) is 8.65. The molecule has 7 heteroatoms. The first-order valence-electron chi connectivity index (χ1n) is 8.65. The summed E-state index contributed by atoms with van der Waals surface area (Å²) in [5, 5.41) is 0.442. The molecule has 2 aliphatic rings. The molecule has 1 aromatic heterocycles. The number of pyridine rings is 1. The van der Waals surface area contributed by atoms with Crippen LogP contribution in [-0.4, -0.2) is 36.3 Å². The monoisotopic (exact) mass is 359 g/mol. The Morgan fingerprint density at radius 2 is 2.27 bits per heavy atom. The van der Waals surface area contributed by atoms with Gasteiger partial charge in [0, 0.05) is 30.2 Å². The molecule has 3 heterocycles. The van der Waals surface area contributed by atoms with E-state index in [4.69, 9.17) is 19.9 Å². The fourth-order valence-corrected chi connectivity index (χ4v) is 3.73. The lowest BCUT2D eigenvalue weighted by molar-refractivity contribution is -0.134. The number of primary amides is 1. The number of nitrogens with zero attached hydrogens (tertiary/aromatic N) is 1. The number of benzene rings is 1. The van der Waals surface area contributed by atoms with Crippen LogP contribution in [0.25, 0.3) is 10.9 Å². The van der Waals surface area contributed by atoms with E-state index >= 15 is 0 Å². The van der Waals surface area contributed by atoms with E-state index in [0.717, 1.165) is 18.4 Å². The molecular formula is C19H20FN2O4. The molecule has 2 aliphatic heterocycles. The van der Waals surface area contributed by atoms with Crippen molar-refractivity contribution in [2.45, 2.75) is 44.0 Å². The van der Waals surface area contributed by atoms with Gasteiger partial charge in [-0.15, -0.1) is 0 Å². The Labute approximate surface area is 150 Å². The Hall–Kier alpha value is -2.41. The van der Waals surface area contributed by atoms with Crippen molar-refractivity contribution < 1.29 is 23.4 Å². The number of nitrogens with two attached hydrogens (primary N) is 1. The number of hydrogen-bond donors (Lipinski definition) is 1. The van der Waals surface area contributed by atoms with E-state index in [1.807, 2.05) is 0 Å². The lowest BCUT2D eigenvalue weighted by Gasteiger charge is -2.29. The maximum atomic E-state index is 14.7. The molecule has 2 unspecified atom stereocenters. The van der Waals surface area contributed by atoms with Crippen LogP contribution in [0.1, 0.15) is 24.8 Å². The van der Waals surface area contributed by atoms with Gasteiger partial charge in [-0.25, -0.2) is 4.39 Å². The highest BCUT2D eigenvalue weighted by Crippen LogP contribution is 2.39. The van der Waals surface area contributed by atoms with Crippen molar-refractivity contribution in [1.29, 1.82) is 0 Å². The predicted molar refractivity (Wildman–Crippen MR) is 92.4 cm³/mol. The molecule has 0 saturated carbocycles. The molecule has 1 radical (unpaired) electrons. The van der Waals surface area contributed by atoms with Crippen molar-refractivity contribution in [3.05, 3.63) is 36.1 Å². The molecule has 2 aromatic rings. The van der Waals surface area contributed by atoms with E-state index < -0.39 is 17.8 Å². The van der Waals surface area contributed by atoms with E-state index in [1.54, 1.807) is 24.8 Å². The van der Waals surface area contributed by atoms with Crippen LogP contribution < -0.4 is 15.2 Å². The molecule has 4 rings (SSSR count). The molecular weight excluding hydrogens is 339 g/mol. The summed E-state index contributed by atoms with van der Waals surface area (Å²) in [4.78, 5) is 15.6. The predicted octanol–water partition coefficient (Wildman–Crippen LogP) is 2.31. The molecule has 1 amide bonds. The van der Waals surface area contributed by atoms with E-state index in [2.05, 4.69) is 4.98 Å². The summed E-state index contributed by atoms with van der Waals surface area (Å²) in [6, 6.07) is 3.31. The van der Waals surface area contributed by atoms with Crippen LogP contribution >= 0.6 is 0 Å². The van der Waals surface area contributed by atoms with Gasteiger partial charge in [0.1, 0.15) is 18.0 Å². The Balaban J connectivity index is 1.55. The van der Waals surface area contributed by atoms with Crippen LogP contribution in [0, 0.1) is 12.2 Å². The van der Waals surface area contributed by atoms with E-state index in [0.29, 0.717) is 29.5 Å². The summed E-state index contributed by atoms with van der Waals surface area (Å²) in [7, 11) is 1.44. The zero-order valence-electron chi connectivity index (χ0n) is 14.4. The van der Waals surface area contributed by atoms with Crippen molar-refractivity contribution in [3.8, 4) is 11.5 Å². The number of aromatic nitrogens is 1. The fraction of sp³-hybridized carbons (Fsp3) is 0.421. The average Bonchev–Trinajstić information content (AvgIpc) is 3.04. The SMILES string of the molecule is COc1ccc2ncc3c(c2c1F)CC(C[C@@H]1CC[CH]C(C(N)=O)O1)O3. The summed E-state index contributed by atoms with van der Waals surface area (Å²) in [6.45, 7) is 0. The van der Waals surface area contributed by atoms with E-state index in [1.165, 1.54) is 7.11 Å². The van der Waals surface area contributed by atoms with Gasteiger partial charge in [-0.3, -0.25) is 9.78 Å². The van der Waals surface area contributed by atoms with Gasteiger partial charge in [0.25, 0.3) is 0 Å². The zero-order chi connectivity index (χ0) is 18.3. The van der Waals surface area contributed by atoms with Gasteiger partial charge in [-0.1, -0.05) is 0 Å². The largest absolute Gasteiger partial charge is 0.494 e. The maximum absolute atomic E-state index is 14.7. The second-order valence-electron chi connectivity index (χ2n) is 6.65. The Bertz CT molecular complexity index is 857. The molecule has 1 fully saturated rings. The Morgan fingerprint density at radius 3 is 3.04 bits per heavy atom. The minimum Gasteiger partial charge on any atom is -0.494 e. The average molecular weight is 359 g/mol. The lowest BCUT2D eigenvalue weighted by Crippen LogP contribution is -2.39. The van der Waals surface area contributed by atoms with Crippen LogP contribution in [0.15, 0.2) is 18.3 Å². The van der Waals surface area contributed by atoms with Gasteiger partial charge < -0.3 is 19.9 Å². The van der Waals surface area contributed by atoms with Gasteiger partial charge in [0.15, 0.2) is 11.6 Å². The summed E-state index contributed by atoms with van der Waals surface area (Å²) < 4.78 is 31.5. The van der Waals surface area contributed by atoms with Crippen molar-refractivity contribution >= 4 is 16.8 Å². The first-order chi connectivity index (χ1) is 12.6. The molecule has 0 spiro atoms.